The third kappa shape index (κ3) is 4.10. The zero-order chi connectivity index (χ0) is 9.61. The first-order valence-electron chi connectivity index (χ1n) is 3.88. The predicted molar refractivity (Wildman–Crippen MR) is 47.7 cm³/mol. The van der Waals surface area contributed by atoms with E-state index in [1.54, 1.807) is 6.08 Å². The van der Waals surface area contributed by atoms with Crippen LogP contribution in [0.2, 0.25) is 0 Å². The molecule has 0 saturated carbocycles. The first-order valence-corrected chi connectivity index (χ1v) is 3.88. The van der Waals surface area contributed by atoms with E-state index in [-0.39, 0.29) is 0 Å². The van der Waals surface area contributed by atoms with Gasteiger partial charge in [0.1, 0.15) is 5.54 Å². The molecule has 0 rings (SSSR count). The third-order valence-corrected chi connectivity index (χ3v) is 1.53. The van der Waals surface area contributed by atoms with Crippen molar-refractivity contribution in [3.8, 4) is 0 Å². The number of carbonyl (C=O) groups is 1. The lowest BCUT2D eigenvalue weighted by Gasteiger charge is -2.15. The maximum atomic E-state index is 10.5. The Bertz CT molecular complexity index is 176. The van der Waals surface area contributed by atoms with Gasteiger partial charge in [0.05, 0.1) is 0 Å². The summed E-state index contributed by atoms with van der Waals surface area (Å²) in [4.78, 5) is 10.5. The molecule has 0 aromatic carbocycles. The minimum absolute atomic E-state index is 0.336. The Kier molecular flexibility index (Phi) is 4.54. The minimum atomic E-state index is -1.16. The van der Waals surface area contributed by atoms with Crippen LogP contribution in [-0.4, -0.2) is 23.2 Å². The summed E-state index contributed by atoms with van der Waals surface area (Å²) < 4.78 is 0. The van der Waals surface area contributed by atoms with E-state index in [1.807, 2.05) is 6.08 Å². The highest BCUT2D eigenvalue weighted by Gasteiger charge is 2.25. The molecule has 0 unspecified atom stereocenters. The molecule has 4 nitrogen and oxygen atoms in total. The molecule has 5 N–H and O–H groups in total. The van der Waals surface area contributed by atoms with Crippen molar-refractivity contribution in [2.75, 3.05) is 6.54 Å². The van der Waals surface area contributed by atoms with Crippen LogP contribution in [0.4, 0.5) is 0 Å². The van der Waals surface area contributed by atoms with E-state index in [2.05, 4.69) is 0 Å². The molecular formula is C8H16N2O2. The molecule has 1 atom stereocenters. The van der Waals surface area contributed by atoms with Crippen molar-refractivity contribution >= 4 is 5.97 Å². The van der Waals surface area contributed by atoms with Gasteiger partial charge in [-0.15, -0.1) is 0 Å². The Labute approximate surface area is 72.2 Å². The second-order valence-electron chi connectivity index (χ2n) is 2.98. The standard InChI is InChI=1S/C8H16N2O2/c1-8(10,7(11)12)5-3-2-4-6-9/h2-3H,4-6,9-10H2,1H3,(H,11,12)/t8-/m1/s1. The predicted octanol–water partition coefficient (Wildman–Crippen LogP) is 0.0835. The van der Waals surface area contributed by atoms with Gasteiger partial charge in [0, 0.05) is 0 Å². The summed E-state index contributed by atoms with van der Waals surface area (Å²) >= 11 is 0. The van der Waals surface area contributed by atoms with E-state index in [4.69, 9.17) is 16.6 Å². The summed E-state index contributed by atoms with van der Waals surface area (Å²) in [6.07, 6.45) is 4.69. The highest BCUT2D eigenvalue weighted by molar-refractivity contribution is 5.78. The Hall–Kier alpha value is -0.870. The quantitative estimate of drug-likeness (QED) is 0.512. The smallest absolute Gasteiger partial charge is 0.323 e. The Morgan fingerprint density at radius 3 is 2.58 bits per heavy atom. The van der Waals surface area contributed by atoms with Crippen LogP contribution in [0.5, 0.6) is 0 Å². The Morgan fingerprint density at radius 1 is 1.58 bits per heavy atom. The van der Waals surface area contributed by atoms with Gasteiger partial charge in [-0.1, -0.05) is 12.2 Å². The number of hydrogen-bond donors (Lipinski definition) is 3. The molecule has 0 aliphatic heterocycles. The highest BCUT2D eigenvalue weighted by atomic mass is 16.4. The van der Waals surface area contributed by atoms with E-state index >= 15 is 0 Å². The van der Waals surface area contributed by atoms with Crippen LogP contribution < -0.4 is 11.5 Å². The van der Waals surface area contributed by atoms with Gasteiger partial charge in [-0.2, -0.15) is 0 Å². The fraction of sp³-hybridized carbons (Fsp3) is 0.625. The van der Waals surface area contributed by atoms with Gasteiger partial charge in [0.2, 0.25) is 0 Å². The molecule has 0 aromatic rings. The topological polar surface area (TPSA) is 89.3 Å². The monoisotopic (exact) mass is 172 g/mol. The van der Waals surface area contributed by atoms with Gasteiger partial charge >= 0.3 is 5.97 Å². The molecule has 0 amide bonds. The molecular weight excluding hydrogens is 156 g/mol. The zero-order valence-electron chi connectivity index (χ0n) is 7.29. The van der Waals surface area contributed by atoms with Crippen LogP contribution in [0.3, 0.4) is 0 Å². The van der Waals surface area contributed by atoms with Gasteiger partial charge in [-0.05, 0) is 26.3 Å². The molecule has 0 heterocycles. The molecule has 70 valence electrons. The summed E-state index contributed by atoms with van der Waals surface area (Å²) in [6, 6.07) is 0. The number of hydrogen-bond acceptors (Lipinski definition) is 3. The van der Waals surface area contributed by atoms with Crippen LogP contribution in [-0.2, 0) is 4.79 Å². The van der Waals surface area contributed by atoms with E-state index in [0.717, 1.165) is 6.42 Å². The van der Waals surface area contributed by atoms with E-state index in [1.165, 1.54) is 6.92 Å². The van der Waals surface area contributed by atoms with Crippen molar-refractivity contribution in [1.29, 1.82) is 0 Å². The fourth-order valence-electron chi connectivity index (χ4n) is 0.630. The molecule has 4 heteroatoms. The second-order valence-corrected chi connectivity index (χ2v) is 2.98. The van der Waals surface area contributed by atoms with Gasteiger partial charge in [-0.25, -0.2) is 0 Å². The summed E-state index contributed by atoms with van der Waals surface area (Å²) in [5.41, 5.74) is 9.54. The van der Waals surface area contributed by atoms with Crippen LogP contribution in [0.25, 0.3) is 0 Å². The lowest BCUT2D eigenvalue weighted by Crippen LogP contribution is -2.44. The lowest BCUT2D eigenvalue weighted by atomic mass is 9.99. The first kappa shape index (κ1) is 11.1. The number of aliphatic carboxylic acids is 1. The molecule has 0 aliphatic rings. The van der Waals surface area contributed by atoms with Crippen molar-refractivity contribution < 1.29 is 9.90 Å². The summed E-state index contributed by atoms with van der Waals surface area (Å²) in [7, 11) is 0. The Morgan fingerprint density at radius 2 is 2.17 bits per heavy atom. The van der Waals surface area contributed by atoms with Crippen LogP contribution >= 0.6 is 0 Å². The minimum Gasteiger partial charge on any atom is -0.480 e. The lowest BCUT2D eigenvalue weighted by molar-refractivity contribution is -0.142. The molecule has 0 aromatic heterocycles. The normalized spacial score (nSPS) is 16.2. The maximum Gasteiger partial charge on any atom is 0.323 e. The zero-order valence-corrected chi connectivity index (χ0v) is 7.29. The van der Waals surface area contributed by atoms with Crippen molar-refractivity contribution in [2.45, 2.75) is 25.3 Å². The molecule has 0 bridgehead atoms. The summed E-state index contributed by atoms with van der Waals surface area (Å²) in [5, 5.41) is 8.61. The van der Waals surface area contributed by atoms with E-state index in [9.17, 15) is 4.79 Å². The van der Waals surface area contributed by atoms with Crippen molar-refractivity contribution in [3.63, 3.8) is 0 Å². The highest BCUT2D eigenvalue weighted by Crippen LogP contribution is 2.06. The SMILES string of the molecule is C[C@@](N)(CC=CCCN)C(=O)O. The number of rotatable bonds is 5. The number of carboxylic acids is 1. The van der Waals surface area contributed by atoms with Crippen LogP contribution in [0.1, 0.15) is 19.8 Å². The number of carboxylic acid groups (broad SMARTS) is 1. The third-order valence-electron chi connectivity index (χ3n) is 1.53. The molecule has 0 fully saturated rings. The van der Waals surface area contributed by atoms with Crippen molar-refractivity contribution in [1.82, 2.24) is 0 Å². The fourth-order valence-corrected chi connectivity index (χ4v) is 0.630. The largest absolute Gasteiger partial charge is 0.480 e. The van der Waals surface area contributed by atoms with Gasteiger partial charge in [-0.3, -0.25) is 4.79 Å². The average Bonchev–Trinajstić information content (AvgIpc) is 1.98. The Balaban J connectivity index is 3.83. The van der Waals surface area contributed by atoms with Gasteiger partial charge in [0.15, 0.2) is 0 Å². The maximum absolute atomic E-state index is 10.5. The first-order chi connectivity index (χ1) is 5.50. The molecule has 0 radical (unpaired) electrons. The van der Waals surface area contributed by atoms with Crippen LogP contribution in [0, 0.1) is 0 Å². The molecule has 12 heavy (non-hydrogen) atoms. The van der Waals surface area contributed by atoms with E-state index in [0.29, 0.717) is 13.0 Å². The second kappa shape index (κ2) is 4.90. The van der Waals surface area contributed by atoms with Crippen LogP contribution in [0.15, 0.2) is 12.2 Å². The van der Waals surface area contributed by atoms with Crippen molar-refractivity contribution in [2.24, 2.45) is 11.5 Å². The number of nitrogens with two attached hydrogens (primary N) is 2. The summed E-state index contributed by atoms with van der Waals surface area (Å²) in [5.74, 6) is -0.986. The average molecular weight is 172 g/mol. The van der Waals surface area contributed by atoms with Gasteiger partial charge < -0.3 is 16.6 Å². The van der Waals surface area contributed by atoms with E-state index < -0.39 is 11.5 Å². The molecule has 0 spiro atoms. The summed E-state index contributed by atoms with van der Waals surface area (Å²) in [6.45, 7) is 2.06. The van der Waals surface area contributed by atoms with Gasteiger partial charge in [0.25, 0.3) is 0 Å². The van der Waals surface area contributed by atoms with Crippen molar-refractivity contribution in [3.05, 3.63) is 12.2 Å². The molecule has 0 aliphatic carbocycles. The molecule has 0 saturated heterocycles.